The van der Waals surface area contributed by atoms with Gasteiger partial charge in [0.05, 0.1) is 19.7 Å². The number of carbonyl (C=O) groups is 2. The molecule has 0 saturated heterocycles. The van der Waals surface area contributed by atoms with Gasteiger partial charge in [0.25, 0.3) is 11.8 Å². The number of amides is 2. The van der Waals surface area contributed by atoms with E-state index in [2.05, 4.69) is 25.9 Å². The summed E-state index contributed by atoms with van der Waals surface area (Å²) in [7, 11) is 4.94. The van der Waals surface area contributed by atoms with Crippen LogP contribution in [0.15, 0.2) is 60.7 Å². The second-order valence-corrected chi connectivity index (χ2v) is 10.2. The third kappa shape index (κ3) is 6.30. The van der Waals surface area contributed by atoms with Gasteiger partial charge in [0.2, 0.25) is 4.77 Å². The van der Waals surface area contributed by atoms with Gasteiger partial charge in [-0.1, -0.05) is 18.2 Å². The molecular weight excluding hydrogens is 566 g/mol. The number of aromatic amines is 1. The van der Waals surface area contributed by atoms with E-state index in [1.54, 1.807) is 30.9 Å². The monoisotopic (exact) mass is 599 g/mol. The average Bonchev–Trinajstić information content (AvgIpc) is 3.46. The molecule has 2 amide bonds. The highest BCUT2D eigenvalue weighted by Crippen LogP contribution is 2.33. The van der Waals surface area contributed by atoms with Crippen molar-refractivity contribution in [3.63, 3.8) is 0 Å². The number of likely N-dealkylation sites (N-methyl/N-ethyl adjacent to an activating group) is 1. The van der Waals surface area contributed by atoms with Crippen LogP contribution >= 0.6 is 12.2 Å². The first kappa shape index (κ1) is 29.5. The number of nitrogens with zero attached hydrogens (tertiary/aromatic N) is 2. The van der Waals surface area contributed by atoms with Crippen molar-refractivity contribution < 1.29 is 19.1 Å². The molecule has 0 unspecified atom stereocenters. The fraction of sp³-hybridized carbons (Fsp3) is 0.226. The molecule has 6 N–H and O–H groups in total. The first-order chi connectivity index (χ1) is 20.8. The second kappa shape index (κ2) is 12.9. The Morgan fingerprint density at radius 2 is 1.60 bits per heavy atom. The van der Waals surface area contributed by atoms with Crippen LogP contribution < -0.4 is 31.2 Å². The molecule has 3 aromatic carbocycles. The van der Waals surface area contributed by atoms with Crippen molar-refractivity contribution in [2.75, 3.05) is 46.6 Å². The third-order valence-corrected chi connectivity index (χ3v) is 7.45. The molecule has 222 valence electrons. The summed E-state index contributed by atoms with van der Waals surface area (Å²) < 4.78 is 12.7. The lowest BCUT2D eigenvalue weighted by atomic mass is 10.0. The number of benzene rings is 3. The molecule has 0 aliphatic carbocycles. The van der Waals surface area contributed by atoms with Gasteiger partial charge in [-0.3, -0.25) is 9.59 Å². The first-order valence-corrected chi connectivity index (χ1v) is 14.1. The summed E-state index contributed by atoms with van der Waals surface area (Å²) in [6.07, 6.45) is 0. The third-order valence-electron chi connectivity index (χ3n) is 7.14. The van der Waals surface area contributed by atoms with E-state index in [1.165, 1.54) is 0 Å². The summed E-state index contributed by atoms with van der Waals surface area (Å²) in [6.45, 7) is 1.89. The van der Waals surface area contributed by atoms with Crippen molar-refractivity contribution in [1.29, 1.82) is 0 Å². The standard InChI is InChI=1S/C31H33N7O4S/c1-33-10-11-34-29(39)19-6-4-18(5-7-19)20-8-9-23-21(14-20)15-25(36-23)30(40)35-12-13-38-28(32)22-16-26(41-2)27(42-3)17-24(22)37-31(38)43/h4-9,14-17,33,36H,10-13,32H2,1-3H3,(H,34,39)(H,35,40). The Bertz CT molecular complexity index is 1860. The highest BCUT2D eigenvalue weighted by Gasteiger charge is 2.14. The van der Waals surface area contributed by atoms with Crippen LogP contribution in [0.25, 0.3) is 32.9 Å². The fourth-order valence-electron chi connectivity index (χ4n) is 4.82. The van der Waals surface area contributed by atoms with Gasteiger partial charge in [-0.25, -0.2) is 4.98 Å². The predicted molar refractivity (Wildman–Crippen MR) is 170 cm³/mol. The molecule has 0 fully saturated rings. The van der Waals surface area contributed by atoms with E-state index in [0.717, 1.165) is 22.0 Å². The van der Waals surface area contributed by atoms with Crippen molar-refractivity contribution in [1.82, 2.24) is 30.5 Å². The zero-order valence-corrected chi connectivity index (χ0v) is 24.9. The van der Waals surface area contributed by atoms with Crippen LogP contribution in [-0.4, -0.2) is 67.3 Å². The molecule has 0 saturated carbocycles. The largest absolute Gasteiger partial charge is 0.493 e. The molecule has 0 bridgehead atoms. The molecule has 0 atom stereocenters. The van der Waals surface area contributed by atoms with Crippen molar-refractivity contribution in [2.45, 2.75) is 6.54 Å². The van der Waals surface area contributed by atoms with E-state index in [0.29, 0.717) is 63.9 Å². The van der Waals surface area contributed by atoms with Crippen LogP contribution in [0.2, 0.25) is 0 Å². The van der Waals surface area contributed by atoms with Crippen LogP contribution in [-0.2, 0) is 6.54 Å². The van der Waals surface area contributed by atoms with Gasteiger partial charge in [0.15, 0.2) is 11.5 Å². The van der Waals surface area contributed by atoms with Crippen LogP contribution in [0.1, 0.15) is 20.8 Å². The number of hydrogen-bond donors (Lipinski definition) is 5. The Morgan fingerprint density at radius 3 is 2.33 bits per heavy atom. The SMILES string of the molecule is CNCCNC(=O)c1ccc(-c2ccc3[nH]c(C(=O)NCCn4c(N)c5cc(OC)c(OC)cc5nc4=S)cc3c2)cc1. The maximum atomic E-state index is 13.0. The average molecular weight is 600 g/mol. The lowest BCUT2D eigenvalue weighted by Gasteiger charge is -2.15. The molecule has 5 aromatic rings. The maximum Gasteiger partial charge on any atom is 0.267 e. The summed E-state index contributed by atoms with van der Waals surface area (Å²) in [5.41, 5.74) is 10.9. The Balaban J connectivity index is 1.26. The number of fused-ring (bicyclic) bond motifs is 2. The number of carbonyl (C=O) groups excluding carboxylic acids is 2. The quantitative estimate of drug-likeness (QED) is 0.113. The molecule has 0 spiro atoms. The van der Waals surface area contributed by atoms with Crippen molar-refractivity contribution in [3.8, 4) is 22.6 Å². The zero-order chi connectivity index (χ0) is 30.5. The Kier molecular flexibility index (Phi) is 8.88. The lowest BCUT2D eigenvalue weighted by molar-refractivity contribution is 0.0942. The van der Waals surface area contributed by atoms with Gasteiger partial charge in [-0.05, 0) is 66.8 Å². The number of aromatic nitrogens is 3. The zero-order valence-electron chi connectivity index (χ0n) is 24.1. The van der Waals surface area contributed by atoms with Gasteiger partial charge in [0, 0.05) is 54.1 Å². The minimum absolute atomic E-state index is 0.110. The summed E-state index contributed by atoms with van der Waals surface area (Å²) in [5.74, 6) is 1.12. The number of H-pyrrole nitrogens is 1. The normalized spacial score (nSPS) is 11.0. The molecule has 0 aliphatic rings. The Labute approximate surface area is 253 Å². The number of anilines is 1. The number of methoxy groups -OCH3 is 2. The summed E-state index contributed by atoms with van der Waals surface area (Å²) >= 11 is 5.48. The van der Waals surface area contributed by atoms with Gasteiger partial charge in [-0.15, -0.1) is 0 Å². The molecule has 0 radical (unpaired) electrons. The number of nitrogens with two attached hydrogens (primary N) is 1. The highest BCUT2D eigenvalue weighted by molar-refractivity contribution is 7.71. The van der Waals surface area contributed by atoms with Crippen molar-refractivity contribution >= 4 is 51.7 Å². The first-order valence-electron chi connectivity index (χ1n) is 13.7. The molecule has 2 heterocycles. The second-order valence-electron chi connectivity index (χ2n) is 9.83. The Morgan fingerprint density at radius 1 is 0.907 bits per heavy atom. The molecule has 12 heteroatoms. The van der Waals surface area contributed by atoms with Gasteiger partial charge in [0.1, 0.15) is 11.5 Å². The highest BCUT2D eigenvalue weighted by atomic mass is 32.1. The van der Waals surface area contributed by atoms with Gasteiger partial charge >= 0.3 is 0 Å². The van der Waals surface area contributed by atoms with E-state index in [1.807, 2.05) is 55.6 Å². The van der Waals surface area contributed by atoms with E-state index >= 15 is 0 Å². The summed E-state index contributed by atoms with van der Waals surface area (Å²) in [5, 5.41) is 10.4. The minimum atomic E-state index is -0.253. The van der Waals surface area contributed by atoms with Crippen molar-refractivity contribution in [2.24, 2.45) is 0 Å². The fourth-order valence-corrected chi connectivity index (χ4v) is 5.11. The van der Waals surface area contributed by atoms with Crippen LogP contribution in [0.5, 0.6) is 11.5 Å². The number of ether oxygens (including phenoxy) is 2. The van der Waals surface area contributed by atoms with Crippen LogP contribution in [0.4, 0.5) is 5.82 Å². The van der Waals surface area contributed by atoms with Crippen molar-refractivity contribution in [3.05, 3.63) is 76.7 Å². The van der Waals surface area contributed by atoms with E-state index in [-0.39, 0.29) is 18.4 Å². The van der Waals surface area contributed by atoms with E-state index < -0.39 is 0 Å². The maximum absolute atomic E-state index is 13.0. The molecule has 2 aromatic heterocycles. The minimum Gasteiger partial charge on any atom is -0.493 e. The Hall–Kier alpha value is -4.94. The number of nitrogens with one attached hydrogen (secondary N) is 4. The number of hydrogen-bond acceptors (Lipinski definition) is 8. The number of nitrogen functional groups attached to an aromatic ring is 1. The van der Waals surface area contributed by atoms with E-state index in [4.69, 9.17) is 27.4 Å². The lowest BCUT2D eigenvalue weighted by Crippen LogP contribution is -2.30. The number of rotatable bonds is 11. The van der Waals surface area contributed by atoms with E-state index in [9.17, 15) is 9.59 Å². The molecule has 43 heavy (non-hydrogen) atoms. The smallest absolute Gasteiger partial charge is 0.267 e. The van der Waals surface area contributed by atoms with Crippen LogP contribution in [0.3, 0.4) is 0 Å². The van der Waals surface area contributed by atoms with Gasteiger partial charge < -0.3 is 40.7 Å². The molecular formula is C31H33N7O4S. The topological polar surface area (TPSA) is 148 Å². The molecule has 5 rings (SSSR count). The van der Waals surface area contributed by atoms with Crippen LogP contribution in [0, 0.1) is 4.77 Å². The summed E-state index contributed by atoms with van der Waals surface area (Å²) in [4.78, 5) is 33.0. The predicted octanol–water partition coefficient (Wildman–Crippen LogP) is 3.89. The molecule has 11 nitrogen and oxygen atoms in total. The summed E-state index contributed by atoms with van der Waals surface area (Å²) in [6, 6.07) is 18.7. The van der Waals surface area contributed by atoms with Gasteiger partial charge in [-0.2, -0.15) is 0 Å². The molecule has 0 aliphatic heterocycles.